The molecule has 0 radical (unpaired) electrons. The zero-order valence-electron chi connectivity index (χ0n) is 18.3. The van der Waals surface area contributed by atoms with Gasteiger partial charge >= 0.3 is 0 Å². The highest BCUT2D eigenvalue weighted by molar-refractivity contribution is 5.42. The molecular weight excluding hydrogens is 476 g/mol. The van der Waals surface area contributed by atoms with Crippen molar-refractivity contribution in [1.82, 2.24) is 25.2 Å². The average Bonchev–Trinajstić information content (AvgIpc) is 3.23. The van der Waals surface area contributed by atoms with Crippen LogP contribution in [0.3, 0.4) is 0 Å². The molecule has 2 bridgehead atoms. The summed E-state index contributed by atoms with van der Waals surface area (Å²) in [6.07, 6.45) is -0.0346. The van der Waals surface area contributed by atoms with Crippen LogP contribution in [-0.4, -0.2) is 42.6 Å². The van der Waals surface area contributed by atoms with Crippen LogP contribution in [0.1, 0.15) is 42.5 Å². The molecule has 3 aliphatic rings. The number of hydrogen-bond acceptors (Lipinski definition) is 5. The molecule has 6 nitrogen and oxygen atoms in total. The predicted molar refractivity (Wildman–Crippen MR) is 110 cm³/mol. The Bertz CT molecular complexity index is 1200. The van der Waals surface area contributed by atoms with Gasteiger partial charge in [0.2, 0.25) is 6.43 Å². The third-order valence-electron chi connectivity index (χ3n) is 7.43. The van der Waals surface area contributed by atoms with E-state index in [2.05, 4.69) is 20.5 Å². The van der Waals surface area contributed by atoms with Crippen molar-refractivity contribution in [2.45, 2.75) is 62.0 Å². The van der Waals surface area contributed by atoms with Crippen molar-refractivity contribution < 1.29 is 31.4 Å². The summed E-state index contributed by atoms with van der Waals surface area (Å²) >= 11 is 0. The van der Waals surface area contributed by atoms with Crippen LogP contribution < -0.4 is 0 Å². The third kappa shape index (κ3) is 3.60. The minimum Gasteiger partial charge on any atom is -0.377 e. The number of benzene rings is 1. The molecule has 0 saturated heterocycles. The molecule has 2 heterocycles. The minimum absolute atomic E-state index is 0.0196. The molecule has 0 spiro atoms. The number of hydrogen-bond donors (Lipinski definition) is 1. The van der Waals surface area contributed by atoms with Gasteiger partial charge in [0, 0.05) is 35.4 Å². The second-order valence-corrected chi connectivity index (χ2v) is 9.63. The monoisotopic (exact) mass is 497 g/mol. The van der Waals surface area contributed by atoms with E-state index in [-0.39, 0.29) is 32.1 Å². The number of alkyl halides is 4. The van der Waals surface area contributed by atoms with Crippen molar-refractivity contribution in [2.24, 2.45) is 5.41 Å². The first-order chi connectivity index (χ1) is 16.5. The summed E-state index contributed by atoms with van der Waals surface area (Å²) < 4.78 is 86.2. The number of nitrogens with zero attached hydrogens (tertiary/aromatic N) is 5. The lowest BCUT2D eigenvalue weighted by Gasteiger charge is -2.74. The summed E-state index contributed by atoms with van der Waals surface area (Å²) in [5.41, 5.74) is -4.79. The molecule has 3 aliphatic carbocycles. The van der Waals surface area contributed by atoms with Crippen LogP contribution in [0.2, 0.25) is 0 Å². The molecule has 2 aromatic heterocycles. The Balaban J connectivity index is 1.41. The van der Waals surface area contributed by atoms with E-state index in [0.29, 0.717) is 17.3 Å². The summed E-state index contributed by atoms with van der Waals surface area (Å²) in [6, 6.07) is 5.39. The van der Waals surface area contributed by atoms with Gasteiger partial charge in [0.25, 0.3) is 5.92 Å². The molecule has 3 fully saturated rings. The first kappa shape index (κ1) is 23.7. The summed E-state index contributed by atoms with van der Waals surface area (Å²) in [5.74, 6) is -6.09. The minimum atomic E-state index is -3.82. The number of aliphatic hydroxyl groups is 1. The highest BCUT2D eigenvalue weighted by Gasteiger charge is 2.82. The van der Waals surface area contributed by atoms with E-state index in [1.54, 1.807) is 12.1 Å². The largest absolute Gasteiger partial charge is 0.377 e. The number of aryl methyl sites for hydroxylation is 1. The normalized spacial score (nSPS) is 25.1. The zero-order valence-corrected chi connectivity index (χ0v) is 18.3. The fourth-order valence-electron chi connectivity index (χ4n) is 5.67. The first-order valence-electron chi connectivity index (χ1n) is 11.0. The quantitative estimate of drug-likeness (QED) is 0.449. The molecule has 3 aromatic rings. The van der Waals surface area contributed by atoms with E-state index in [9.17, 15) is 22.7 Å². The number of rotatable bonds is 9. The highest BCUT2D eigenvalue weighted by Crippen LogP contribution is 2.80. The van der Waals surface area contributed by atoms with Crippen LogP contribution in [0.15, 0.2) is 42.9 Å². The first-order valence-corrected chi connectivity index (χ1v) is 11.0. The van der Waals surface area contributed by atoms with Gasteiger partial charge in [-0.2, -0.15) is 0 Å². The fourth-order valence-corrected chi connectivity index (χ4v) is 5.67. The van der Waals surface area contributed by atoms with Gasteiger partial charge in [0.1, 0.15) is 18.0 Å². The van der Waals surface area contributed by atoms with Gasteiger partial charge in [-0.25, -0.2) is 31.0 Å². The molecule has 1 aromatic carbocycles. The van der Waals surface area contributed by atoms with Crippen LogP contribution >= 0.6 is 0 Å². The topological polar surface area (TPSA) is 76.7 Å². The Labute approximate surface area is 196 Å². The highest BCUT2D eigenvalue weighted by atomic mass is 19.3. The van der Waals surface area contributed by atoms with E-state index < -0.39 is 52.5 Å². The van der Waals surface area contributed by atoms with E-state index in [0.717, 1.165) is 23.1 Å². The molecule has 6 rings (SSSR count). The smallest absolute Gasteiger partial charge is 0.287 e. The summed E-state index contributed by atoms with van der Waals surface area (Å²) in [7, 11) is 0. The lowest BCUT2D eigenvalue weighted by molar-refractivity contribution is -0.347. The zero-order chi connectivity index (χ0) is 25.1. The van der Waals surface area contributed by atoms with Crippen LogP contribution in [-0.2, 0) is 24.0 Å². The number of pyridine rings is 1. The lowest BCUT2D eigenvalue weighted by atomic mass is 9.30. The second-order valence-electron chi connectivity index (χ2n) is 9.63. The van der Waals surface area contributed by atoms with E-state index in [1.807, 2.05) is 0 Å². The van der Waals surface area contributed by atoms with Crippen molar-refractivity contribution in [2.75, 3.05) is 0 Å². The fraction of sp³-hybridized carbons (Fsp3) is 0.478. The maximum absolute atomic E-state index is 16.1. The Morgan fingerprint density at radius 3 is 2.40 bits per heavy atom. The average molecular weight is 497 g/mol. The summed E-state index contributed by atoms with van der Waals surface area (Å²) in [6.45, 7) is -0.843. The molecule has 1 atom stereocenters. The van der Waals surface area contributed by atoms with Crippen molar-refractivity contribution in [3.63, 3.8) is 0 Å². The van der Waals surface area contributed by atoms with E-state index in [1.165, 1.54) is 6.20 Å². The molecule has 0 aliphatic heterocycles. The van der Waals surface area contributed by atoms with Gasteiger partial charge < -0.3 is 5.11 Å². The van der Waals surface area contributed by atoms with Crippen LogP contribution in [0.4, 0.5) is 26.3 Å². The SMILES string of the molecule is OC(Cn1cnnn1)(c1ccc(F)cc1F)C(F)(F)C12CC(c3ccc(CCC(F)F)nc3)(C1)C2. The van der Waals surface area contributed by atoms with Crippen molar-refractivity contribution in [1.29, 1.82) is 0 Å². The number of tetrazole rings is 1. The third-order valence-corrected chi connectivity index (χ3v) is 7.43. The molecule has 12 heteroatoms. The Hall–Kier alpha value is -3.02. The number of aromatic nitrogens is 5. The Morgan fingerprint density at radius 1 is 1.09 bits per heavy atom. The van der Waals surface area contributed by atoms with Crippen LogP contribution in [0.5, 0.6) is 0 Å². The maximum Gasteiger partial charge on any atom is 0.287 e. The van der Waals surface area contributed by atoms with Crippen molar-refractivity contribution in [3.8, 4) is 0 Å². The molecule has 0 amide bonds. The van der Waals surface area contributed by atoms with E-state index >= 15 is 8.78 Å². The number of halogens is 6. The van der Waals surface area contributed by atoms with Gasteiger partial charge in [-0.05, 0) is 65.3 Å². The van der Waals surface area contributed by atoms with Crippen molar-refractivity contribution >= 4 is 0 Å². The van der Waals surface area contributed by atoms with E-state index in [4.69, 9.17) is 0 Å². The van der Waals surface area contributed by atoms with Crippen LogP contribution in [0.25, 0.3) is 0 Å². The molecule has 35 heavy (non-hydrogen) atoms. The van der Waals surface area contributed by atoms with Gasteiger partial charge in [0.15, 0.2) is 5.60 Å². The van der Waals surface area contributed by atoms with Gasteiger partial charge in [0.05, 0.1) is 6.54 Å². The Morgan fingerprint density at radius 2 is 1.83 bits per heavy atom. The molecule has 3 saturated carbocycles. The van der Waals surface area contributed by atoms with Gasteiger partial charge in [-0.1, -0.05) is 6.07 Å². The molecular formula is C23H21F6N5O. The standard InChI is InChI=1S/C23H21F6N5O/c24-15-2-5-17(18(25)7-15)22(35,12-34-13-31-32-33-34)23(28,29)21-9-20(10-21,11-21)14-1-3-16(30-8-14)4-6-19(26)27/h1-3,5,7-8,13,19,35H,4,6,9-12H2. The molecule has 1 N–H and O–H groups in total. The van der Waals surface area contributed by atoms with Gasteiger partial charge in [-0.3, -0.25) is 4.98 Å². The summed E-state index contributed by atoms with van der Waals surface area (Å²) in [5, 5.41) is 21.7. The molecule has 186 valence electrons. The lowest BCUT2D eigenvalue weighted by Crippen LogP contribution is -2.76. The van der Waals surface area contributed by atoms with Gasteiger partial charge in [-0.15, -0.1) is 5.10 Å². The summed E-state index contributed by atoms with van der Waals surface area (Å²) in [4.78, 5) is 4.19. The van der Waals surface area contributed by atoms with Crippen molar-refractivity contribution in [3.05, 3.63) is 71.3 Å². The maximum atomic E-state index is 16.1. The Kier molecular flexibility index (Phi) is 5.42. The van der Waals surface area contributed by atoms with Crippen LogP contribution in [0, 0.1) is 17.0 Å². The second kappa shape index (κ2) is 8.00. The predicted octanol–water partition coefficient (Wildman–Crippen LogP) is 4.19. The molecule has 1 unspecified atom stereocenters.